The van der Waals surface area contributed by atoms with Gasteiger partial charge in [-0.1, -0.05) is 18.2 Å². The van der Waals surface area contributed by atoms with Crippen LogP contribution < -0.4 is 0 Å². The number of aromatic hydroxyl groups is 3. The maximum atomic E-state index is 12.0. The number of nitriles is 1. The fourth-order valence-electron chi connectivity index (χ4n) is 3.15. The number of aliphatic hydroxyl groups is 3. The van der Waals surface area contributed by atoms with E-state index in [-0.39, 0.29) is 17.2 Å². The minimum absolute atomic E-state index is 0.0222. The second kappa shape index (κ2) is 11.0. The molecule has 2 aromatic carbocycles. The number of carbonyl (C=O) groups is 1. The molecule has 2 aromatic rings. The number of hydrogen-bond acceptors (Lipinski definition) is 11. The zero-order valence-corrected chi connectivity index (χ0v) is 17.6. The zero-order chi connectivity index (χ0) is 24.8. The van der Waals surface area contributed by atoms with E-state index in [1.165, 1.54) is 48.5 Å². The highest BCUT2D eigenvalue weighted by Crippen LogP contribution is 2.28. The molecule has 1 unspecified atom stereocenters. The summed E-state index contributed by atoms with van der Waals surface area (Å²) in [6, 6.07) is 11.3. The third-order valence-corrected chi connectivity index (χ3v) is 5.05. The monoisotopic (exact) mass is 473 g/mol. The Morgan fingerprint density at radius 1 is 1.03 bits per heavy atom. The normalized spacial score (nSPS) is 25.5. The van der Waals surface area contributed by atoms with Gasteiger partial charge in [-0.3, -0.25) is 0 Å². The van der Waals surface area contributed by atoms with Crippen LogP contribution in [0.25, 0.3) is 6.08 Å². The molecule has 0 saturated carbocycles. The van der Waals surface area contributed by atoms with Crippen LogP contribution in [0.15, 0.2) is 48.5 Å². The van der Waals surface area contributed by atoms with Gasteiger partial charge in [0.2, 0.25) is 0 Å². The molecule has 1 aliphatic heterocycles. The van der Waals surface area contributed by atoms with Crippen molar-refractivity contribution in [2.24, 2.45) is 0 Å². The van der Waals surface area contributed by atoms with Gasteiger partial charge in [0.1, 0.15) is 36.8 Å². The van der Waals surface area contributed by atoms with Gasteiger partial charge >= 0.3 is 5.97 Å². The number of esters is 1. The zero-order valence-electron chi connectivity index (χ0n) is 17.6. The Balaban J connectivity index is 1.62. The van der Waals surface area contributed by atoms with E-state index in [1.807, 2.05) is 6.07 Å². The molecule has 180 valence electrons. The summed E-state index contributed by atoms with van der Waals surface area (Å²) < 4.78 is 16.0. The van der Waals surface area contributed by atoms with Gasteiger partial charge in [-0.25, -0.2) is 4.79 Å². The Morgan fingerprint density at radius 2 is 1.74 bits per heavy atom. The molecule has 0 aromatic heterocycles. The first-order valence-electron chi connectivity index (χ1n) is 10.1. The van der Waals surface area contributed by atoms with Crippen LogP contribution in [0.1, 0.15) is 17.2 Å². The topological polar surface area (TPSA) is 190 Å². The molecule has 1 saturated heterocycles. The van der Waals surface area contributed by atoms with E-state index in [1.54, 1.807) is 0 Å². The summed E-state index contributed by atoms with van der Waals surface area (Å²) >= 11 is 0. The highest BCUT2D eigenvalue weighted by Gasteiger charge is 2.45. The number of benzene rings is 2. The van der Waals surface area contributed by atoms with Crippen LogP contribution in [-0.2, 0) is 19.0 Å². The van der Waals surface area contributed by atoms with Crippen LogP contribution in [0.3, 0.4) is 0 Å². The Morgan fingerprint density at radius 3 is 2.38 bits per heavy atom. The SMILES string of the molecule is N#CC(O[C@@H]1O[C@H](COC(=O)/C=C/c2ccc(O)c(O)c2)[C@@H](O)[C@H](O)[C@H]1O)c1ccc(O)cc1. The predicted molar refractivity (Wildman–Crippen MR) is 114 cm³/mol. The molecule has 11 nitrogen and oxygen atoms in total. The first-order valence-corrected chi connectivity index (χ1v) is 10.1. The Labute approximate surface area is 193 Å². The number of rotatable bonds is 7. The third-order valence-electron chi connectivity index (χ3n) is 5.05. The van der Waals surface area contributed by atoms with E-state index in [9.17, 15) is 40.7 Å². The molecule has 6 atom stereocenters. The molecular formula is C23H23NO10. The summed E-state index contributed by atoms with van der Waals surface area (Å²) in [5.41, 5.74) is 0.759. The lowest BCUT2D eigenvalue weighted by Crippen LogP contribution is -2.59. The minimum atomic E-state index is -1.71. The van der Waals surface area contributed by atoms with Crippen LogP contribution in [0.2, 0.25) is 0 Å². The third kappa shape index (κ3) is 6.02. The summed E-state index contributed by atoms with van der Waals surface area (Å²) in [4.78, 5) is 12.0. The predicted octanol–water partition coefficient (Wildman–Crippen LogP) is 0.449. The van der Waals surface area contributed by atoms with Crippen molar-refractivity contribution in [3.8, 4) is 23.3 Å². The first kappa shape index (κ1) is 25.0. The number of hydrogen-bond donors (Lipinski definition) is 6. The second-order valence-electron chi connectivity index (χ2n) is 7.46. The number of phenols is 3. The van der Waals surface area contributed by atoms with Crippen LogP contribution >= 0.6 is 0 Å². The van der Waals surface area contributed by atoms with Gasteiger partial charge < -0.3 is 44.8 Å². The molecule has 1 fully saturated rings. The average molecular weight is 473 g/mol. The molecule has 1 aliphatic rings. The molecule has 11 heteroatoms. The Kier molecular flexibility index (Phi) is 8.06. The highest BCUT2D eigenvalue weighted by molar-refractivity contribution is 5.87. The summed E-state index contributed by atoms with van der Waals surface area (Å²) in [7, 11) is 0. The lowest BCUT2D eigenvalue weighted by molar-refractivity contribution is -0.308. The number of nitrogens with zero attached hydrogens (tertiary/aromatic N) is 1. The van der Waals surface area contributed by atoms with Crippen molar-refractivity contribution in [2.75, 3.05) is 6.61 Å². The molecular weight excluding hydrogens is 450 g/mol. The van der Waals surface area contributed by atoms with E-state index < -0.39 is 49.4 Å². The standard InChI is InChI=1S/C23H23NO10/c24-10-17(13-3-5-14(25)6-4-13)33-23-22(31)21(30)20(29)18(34-23)11-32-19(28)8-2-12-1-7-15(26)16(27)9-12/h1-9,17-18,20-23,25-27,29-31H,11H2/b8-2+/t17?,18-,20-,21+,22-,23-/m1/s1. The molecule has 0 aliphatic carbocycles. The fourth-order valence-corrected chi connectivity index (χ4v) is 3.15. The highest BCUT2D eigenvalue weighted by atomic mass is 16.7. The number of phenolic OH excluding ortho intramolecular Hbond substituents is 3. The number of carbonyl (C=O) groups excluding carboxylic acids is 1. The van der Waals surface area contributed by atoms with Gasteiger partial charge in [0.25, 0.3) is 0 Å². The van der Waals surface area contributed by atoms with E-state index in [2.05, 4.69) is 0 Å². The van der Waals surface area contributed by atoms with E-state index in [0.29, 0.717) is 11.1 Å². The van der Waals surface area contributed by atoms with Crippen molar-refractivity contribution in [1.82, 2.24) is 0 Å². The maximum absolute atomic E-state index is 12.0. The molecule has 0 bridgehead atoms. The van der Waals surface area contributed by atoms with Crippen LogP contribution in [0.5, 0.6) is 17.2 Å². The molecule has 1 heterocycles. The summed E-state index contributed by atoms with van der Waals surface area (Å²) in [6.45, 7) is -0.509. The number of ether oxygens (including phenoxy) is 3. The van der Waals surface area contributed by atoms with E-state index in [4.69, 9.17) is 14.2 Å². The summed E-state index contributed by atoms with van der Waals surface area (Å²) in [5, 5.41) is 68.2. The van der Waals surface area contributed by atoms with Gasteiger partial charge in [0.15, 0.2) is 23.9 Å². The van der Waals surface area contributed by atoms with Crippen molar-refractivity contribution in [2.45, 2.75) is 36.8 Å². The van der Waals surface area contributed by atoms with E-state index >= 15 is 0 Å². The molecule has 0 amide bonds. The van der Waals surface area contributed by atoms with Gasteiger partial charge in [-0.2, -0.15) is 5.26 Å². The van der Waals surface area contributed by atoms with Crippen molar-refractivity contribution >= 4 is 12.0 Å². The first-order chi connectivity index (χ1) is 16.2. The quantitative estimate of drug-likeness (QED) is 0.186. The van der Waals surface area contributed by atoms with Crippen LogP contribution in [0.4, 0.5) is 0 Å². The smallest absolute Gasteiger partial charge is 0.330 e. The molecule has 6 N–H and O–H groups in total. The molecule has 0 radical (unpaired) electrons. The Hall–Kier alpha value is -3.66. The molecule has 34 heavy (non-hydrogen) atoms. The van der Waals surface area contributed by atoms with Gasteiger partial charge in [0.05, 0.1) is 6.07 Å². The second-order valence-corrected chi connectivity index (χ2v) is 7.46. The summed E-state index contributed by atoms with van der Waals surface area (Å²) in [6.07, 6.45) is -6.70. The molecule has 0 spiro atoms. The van der Waals surface area contributed by atoms with Crippen molar-refractivity contribution in [3.63, 3.8) is 0 Å². The van der Waals surface area contributed by atoms with Gasteiger partial charge in [-0.15, -0.1) is 0 Å². The largest absolute Gasteiger partial charge is 0.508 e. The van der Waals surface area contributed by atoms with Crippen LogP contribution in [0, 0.1) is 11.3 Å². The van der Waals surface area contributed by atoms with Crippen molar-refractivity contribution in [1.29, 1.82) is 5.26 Å². The van der Waals surface area contributed by atoms with Crippen LogP contribution in [-0.4, -0.2) is 73.9 Å². The Bertz CT molecular complexity index is 1060. The van der Waals surface area contributed by atoms with Gasteiger partial charge in [0, 0.05) is 6.08 Å². The van der Waals surface area contributed by atoms with Crippen molar-refractivity contribution < 1.29 is 49.6 Å². The van der Waals surface area contributed by atoms with Crippen molar-refractivity contribution in [3.05, 3.63) is 59.7 Å². The number of aliphatic hydroxyl groups excluding tert-OH is 3. The molecule has 3 rings (SSSR count). The lowest BCUT2D eigenvalue weighted by atomic mass is 9.99. The maximum Gasteiger partial charge on any atom is 0.330 e. The van der Waals surface area contributed by atoms with E-state index in [0.717, 1.165) is 6.08 Å². The summed E-state index contributed by atoms with van der Waals surface area (Å²) in [5.74, 6) is -1.54. The van der Waals surface area contributed by atoms with Gasteiger partial charge in [-0.05, 0) is 41.5 Å². The fraction of sp³-hybridized carbons (Fsp3) is 0.304. The minimum Gasteiger partial charge on any atom is -0.508 e. The lowest BCUT2D eigenvalue weighted by Gasteiger charge is -2.40. The average Bonchev–Trinajstić information content (AvgIpc) is 2.83.